The molecule has 20 heteroatoms. The van der Waals surface area contributed by atoms with Gasteiger partial charge in [-0.15, -0.1) is 0 Å². The van der Waals surface area contributed by atoms with Crippen molar-refractivity contribution >= 4 is 46.7 Å². The van der Waals surface area contributed by atoms with Gasteiger partial charge in [0, 0.05) is 5.69 Å². The summed E-state index contributed by atoms with van der Waals surface area (Å²) in [6.45, 7) is -3.33. The monoisotopic (exact) mass is 652 g/mol. The number of nitrogens with one attached hydrogen (secondary N) is 6. The highest BCUT2D eigenvalue weighted by Gasteiger charge is 2.44. The summed E-state index contributed by atoms with van der Waals surface area (Å²) in [6, 6.07) is 5.70. The number of hydrogen-bond acceptors (Lipinski definition) is 15. The van der Waals surface area contributed by atoms with Crippen molar-refractivity contribution in [2.45, 2.75) is 30.7 Å². The SMILES string of the molecule is O=C(O)CNC(=O)CNC(=O)CNC(=O)CNC(=O)CNc1c(Nc2ccc(O[C@H]3O[C@H](CO)[C@@H](O)[C@H](O)[C@@H]3O)cc2)c(=O)c1=O. The lowest BCUT2D eigenvalue weighted by molar-refractivity contribution is -0.277. The van der Waals surface area contributed by atoms with Gasteiger partial charge in [-0.25, -0.2) is 0 Å². The molecule has 1 saturated heterocycles. The fourth-order valence-corrected chi connectivity index (χ4v) is 3.87. The van der Waals surface area contributed by atoms with Crippen LogP contribution in [0.2, 0.25) is 0 Å². The number of benzene rings is 1. The predicted molar refractivity (Wildman–Crippen MR) is 154 cm³/mol. The van der Waals surface area contributed by atoms with E-state index in [9.17, 15) is 54.0 Å². The van der Waals surface area contributed by atoms with E-state index in [1.54, 1.807) is 0 Å². The fourth-order valence-electron chi connectivity index (χ4n) is 3.87. The smallest absolute Gasteiger partial charge is 0.322 e. The summed E-state index contributed by atoms with van der Waals surface area (Å²) in [5, 5.41) is 61.5. The topological polar surface area (TPSA) is 311 Å². The number of carboxylic acids is 1. The van der Waals surface area contributed by atoms with Crippen LogP contribution in [0.5, 0.6) is 5.75 Å². The fraction of sp³-hybridized carbons (Fsp3) is 0.423. The van der Waals surface area contributed by atoms with Gasteiger partial charge in [0.15, 0.2) is 0 Å². The minimum atomic E-state index is -1.63. The highest BCUT2D eigenvalue weighted by atomic mass is 16.7. The highest BCUT2D eigenvalue weighted by molar-refractivity contribution is 5.91. The summed E-state index contributed by atoms with van der Waals surface area (Å²) < 4.78 is 10.8. The van der Waals surface area contributed by atoms with Crippen molar-refractivity contribution in [2.24, 2.45) is 0 Å². The second kappa shape index (κ2) is 16.2. The van der Waals surface area contributed by atoms with Gasteiger partial charge in [-0.1, -0.05) is 0 Å². The molecule has 1 aliphatic rings. The summed E-state index contributed by atoms with van der Waals surface area (Å²) in [5.74, 6) is -4.10. The highest BCUT2D eigenvalue weighted by Crippen LogP contribution is 2.26. The molecule has 4 amide bonds. The number of aliphatic carboxylic acids is 1. The Morgan fingerprint density at radius 3 is 1.72 bits per heavy atom. The van der Waals surface area contributed by atoms with E-state index in [0.717, 1.165) is 0 Å². The van der Waals surface area contributed by atoms with Crippen LogP contribution in [0.25, 0.3) is 0 Å². The number of aliphatic hydroxyl groups is 4. The van der Waals surface area contributed by atoms with E-state index in [0.29, 0.717) is 5.69 Å². The van der Waals surface area contributed by atoms with Crippen molar-refractivity contribution in [1.29, 1.82) is 0 Å². The first kappa shape index (κ1) is 35.3. The first-order chi connectivity index (χ1) is 21.8. The summed E-state index contributed by atoms with van der Waals surface area (Å²) in [4.78, 5) is 81.6. The average Bonchev–Trinajstić information content (AvgIpc) is 3.04. The molecule has 1 aliphatic heterocycles. The molecule has 0 aliphatic carbocycles. The summed E-state index contributed by atoms with van der Waals surface area (Å²) in [6.07, 6.45) is -7.37. The Kier molecular flexibility index (Phi) is 12.5. The van der Waals surface area contributed by atoms with Crippen molar-refractivity contribution < 1.29 is 59.0 Å². The Labute approximate surface area is 258 Å². The lowest BCUT2D eigenvalue weighted by Gasteiger charge is -2.39. The molecule has 0 saturated carbocycles. The average molecular weight is 653 g/mol. The van der Waals surface area contributed by atoms with Crippen LogP contribution < -0.4 is 47.5 Å². The van der Waals surface area contributed by atoms with Gasteiger partial charge in [0.05, 0.1) is 32.8 Å². The van der Waals surface area contributed by atoms with E-state index < -0.39 is 110 Å². The molecule has 0 unspecified atom stereocenters. The number of hydrogen-bond donors (Lipinski definition) is 11. The third-order valence-corrected chi connectivity index (χ3v) is 6.34. The first-order valence-corrected chi connectivity index (χ1v) is 13.5. The Morgan fingerprint density at radius 1 is 0.696 bits per heavy atom. The normalized spacial score (nSPS) is 20.7. The number of anilines is 3. The lowest BCUT2D eigenvalue weighted by atomic mass is 9.99. The standard InChI is InChI=1S/C26H32N6O14/c33-10-13-21(40)24(43)25(44)26(46-13)45-12-3-1-11(2-4-12)32-20-19(22(41)23(20)42)31-8-17(37)29-6-15(35)27-5-14(34)28-7-16(36)30-9-18(38)39/h1-4,13,21,24-26,31-33,40,43-44H,5-10H2,(H,27,35)(H,28,34)(H,29,37)(H,30,36)(H,38,39)/t13-,21-,24+,25+,26+/m1/s1. The lowest BCUT2D eigenvalue weighted by Crippen LogP contribution is -2.60. The van der Waals surface area contributed by atoms with Gasteiger partial charge in [0.25, 0.3) is 10.9 Å². The van der Waals surface area contributed by atoms with E-state index in [1.165, 1.54) is 24.3 Å². The Morgan fingerprint density at radius 2 is 1.20 bits per heavy atom. The van der Waals surface area contributed by atoms with E-state index >= 15 is 0 Å². The zero-order valence-electron chi connectivity index (χ0n) is 23.8. The van der Waals surface area contributed by atoms with Crippen molar-refractivity contribution in [1.82, 2.24) is 21.3 Å². The Hall–Kier alpha value is -5.15. The molecule has 5 atom stereocenters. The van der Waals surface area contributed by atoms with E-state index in [1.807, 2.05) is 5.32 Å². The zero-order chi connectivity index (χ0) is 34.0. The zero-order valence-corrected chi connectivity index (χ0v) is 23.8. The molecule has 46 heavy (non-hydrogen) atoms. The molecular weight excluding hydrogens is 620 g/mol. The maximum Gasteiger partial charge on any atom is 0.322 e. The Balaban J connectivity index is 1.41. The molecule has 2 aromatic carbocycles. The van der Waals surface area contributed by atoms with E-state index in [2.05, 4.69) is 26.6 Å². The van der Waals surface area contributed by atoms with E-state index in [-0.39, 0.29) is 17.1 Å². The van der Waals surface area contributed by atoms with Crippen LogP contribution in [-0.4, -0.2) is 125 Å². The minimum Gasteiger partial charge on any atom is -0.480 e. The number of rotatable bonds is 16. The van der Waals surface area contributed by atoms with Crippen LogP contribution in [0, 0.1) is 0 Å². The van der Waals surface area contributed by atoms with Gasteiger partial charge >= 0.3 is 5.97 Å². The Bertz CT molecular complexity index is 1490. The van der Waals surface area contributed by atoms with Crippen molar-refractivity contribution in [2.75, 3.05) is 50.0 Å². The largest absolute Gasteiger partial charge is 0.480 e. The molecule has 11 N–H and O–H groups in total. The van der Waals surface area contributed by atoms with Gasteiger partial charge in [0.2, 0.25) is 29.9 Å². The molecule has 20 nitrogen and oxygen atoms in total. The second-order valence-electron chi connectivity index (χ2n) is 9.73. The van der Waals surface area contributed by atoms with Gasteiger partial charge in [0.1, 0.15) is 48.1 Å². The van der Waals surface area contributed by atoms with Crippen LogP contribution >= 0.6 is 0 Å². The minimum absolute atomic E-state index is 0.138. The third-order valence-electron chi connectivity index (χ3n) is 6.34. The third kappa shape index (κ3) is 9.67. The maximum atomic E-state index is 12.1. The number of aliphatic hydroxyl groups excluding tert-OH is 4. The van der Waals surface area contributed by atoms with Gasteiger partial charge in [-0.3, -0.25) is 33.6 Å². The van der Waals surface area contributed by atoms with Crippen molar-refractivity contribution in [3.63, 3.8) is 0 Å². The van der Waals surface area contributed by atoms with Crippen LogP contribution in [0.4, 0.5) is 17.1 Å². The summed E-state index contributed by atoms with van der Waals surface area (Å²) >= 11 is 0. The number of carbonyl (C=O) groups is 5. The van der Waals surface area contributed by atoms with Crippen LogP contribution in [-0.2, 0) is 28.7 Å². The van der Waals surface area contributed by atoms with Crippen molar-refractivity contribution in [3.05, 3.63) is 44.7 Å². The molecule has 1 heterocycles. The summed E-state index contributed by atoms with van der Waals surface area (Å²) in [5.41, 5.74) is -1.75. The molecule has 1 fully saturated rings. The number of carbonyl (C=O) groups excluding carboxylic acids is 4. The predicted octanol–water partition coefficient (Wildman–Crippen LogP) is -5.83. The van der Waals surface area contributed by atoms with Gasteiger partial charge in [-0.05, 0) is 24.3 Å². The number of ether oxygens (including phenoxy) is 2. The number of amides is 4. The summed E-state index contributed by atoms with van der Waals surface area (Å²) in [7, 11) is 0. The van der Waals surface area contributed by atoms with E-state index in [4.69, 9.17) is 14.6 Å². The molecule has 250 valence electrons. The quantitative estimate of drug-likeness (QED) is 0.0752. The molecule has 0 spiro atoms. The maximum absolute atomic E-state index is 12.1. The van der Waals surface area contributed by atoms with Crippen LogP contribution in [0.3, 0.4) is 0 Å². The molecule has 0 aromatic heterocycles. The first-order valence-electron chi connectivity index (χ1n) is 13.5. The van der Waals surface area contributed by atoms with Gasteiger partial charge in [-0.2, -0.15) is 0 Å². The van der Waals surface area contributed by atoms with Crippen LogP contribution in [0.1, 0.15) is 0 Å². The molecular formula is C26H32N6O14. The molecule has 0 bridgehead atoms. The van der Waals surface area contributed by atoms with Crippen LogP contribution in [0.15, 0.2) is 33.9 Å². The molecule has 3 rings (SSSR count). The van der Waals surface area contributed by atoms with Gasteiger partial charge < -0.3 is 66.9 Å². The molecule has 0 radical (unpaired) electrons. The second-order valence-corrected chi connectivity index (χ2v) is 9.73. The molecule has 2 aromatic rings. The van der Waals surface area contributed by atoms with Crippen molar-refractivity contribution in [3.8, 4) is 5.75 Å². The number of carboxylic acid groups (broad SMARTS) is 1.